The van der Waals surface area contributed by atoms with Gasteiger partial charge in [-0.1, -0.05) is 6.07 Å². The molecule has 1 aliphatic heterocycles. The van der Waals surface area contributed by atoms with Crippen molar-refractivity contribution in [3.8, 4) is 0 Å². The second-order valence-corrected chi connectivity index (χ2v) is 5.39. The number of hydrogen-bond donors (Lipinski definition) is 2. The number of benzene rings is 1. The van der Waals surface area contributed by atoms with E-state index in [1.54, 1.807) is 0 Å². The Kier molecular flexibility index (Phi) is 4.43. The Hall–Kier alpha value is -1.55. The lowest BCUT2D eigenvalue weighted by Crippen LogP contribution is -2.35. The van der Waals surface area contributed by atoms with Crippen LogP contribution in [-0.2, 0) is 4.79 Å². The number of carbonyl (C=O) groups is 1. The first-order valence-corrected chi connectivity index (χ1v) is 6.95. The molecule has 1 fully saturated rings. The molecule has 1 aromatic carbocycles. The predicted octanol–water partition coefficient (Wildman–Crippen LogP) is 2.22. The maximum atomic E-state index is 12.0. The highest BCUT2D eigenvalue weighted by molar-refractivity contribution is 5.95. The molecule has 1 aliphatic rings. The molecule has 1 aromatic rings. The van der Waals surface area contributed by atoms with Crippen LogP contribution in [0.25, 0.3) is 0 Å². The second-order valence-electron chi connectivity index (χ2n) is 5.39. The average molecular weight is 261 g/mol. The van der Waals surface area contributed by atoms with Gasteiger partial charge in [0.25, 0.3) is 0 Å². The predicted molar refractivity (Wildman–Crippen MR) is 79.6 cm³/mol. The lowest BCUT2D eigenvalue weighted by molar-refractivity contribution is -0.117. The molecule has 1 saturated heterocycles. The number of amides is 1. The number of anilines is 2. The molecule has 0 bridgehead atoms. The van der Waals surface area contributed by atoms with Gasteiger partial charge in [-0.15, -0.1) is 0 Å². The van der Waals surface area contributed by atoms with E-state index in [1.165, 1.54) is 0 Å². The summed E-state index contributed by atoms with van der Waals surface area (Å²) in [7, 11) is 2.06. The zero-order valence-corrected chi connectivity index (χ0v) is 11.9. The molecule has 1 unspecified atom stereocenters. The van der Waals surface area contributed by atoms with E-state index in [2.05, 4.69) is 42.5 Å². The third kappa shape index (κ3) is 3.47. The van der Waals surface area contributed by atoms with Crippen molar-refractivity contribution in [2.24, 2.45) is 0 Å². The first-order valence-electron chi connectivity index (χ1n) is 6.95. The quantitative estimate of drug-likeness (QED) is 0.873. The molecule has 4 nitrogen and oxygen atoms in total. The van der Waals surface area contributed by atoms with Gasteiger partial charge in [0.05, 0.1) is 6.04 Å². The second kappa shape index (κ2) is 6.06. The van der Waals surface area contributed by atoms with Crippen molar-refractivity contribution in [3.63, 3.8) is 0 Å². The Bertz CT molecular complexity index is 439. The lowest BCUT2D eigenvalue weighted by atomic mass is 10.2. The van der Waals surface area contributed by atoms with Crippen LogP contribution in [0.4, 0.5) is 11.4 Å². The number of hydrogen-bond acceptors (Lipinski definition) is 3. The van der Waals surface area contributed by atoms with Gasteiger partial charge in [0.15, 0.2) is 0 Å². The fourth-order valence-corrected chi connectivity index (χ4v) is 2.24. The normalized spacial score (nSPS) is 18.6. The van der Waals surface area contributed by atoms with Crippen LogP contribution >= 0.6 is 0 Å². The van der Waals surface area contributed by atoms with Crippen molar-refractivity contribution < 1.29 is 4.79 Å². The molecule has 0 saturated carbocycles. The molecule has 0 radical (unpaired) electrons. The molecular formula is C15H23N3O. The van der Waals surface area contributed by atoms with Gasteiger partial charge in [-0.25, -0.2) is 0 Å². The number of carbonyl (C=O) groups excluding carboxylic acids is 1. The van der Waals surface area contributed by atoms with Gasteiger partial charge in [-0.3, -0.25) is 4.79 Å². The molecule has 2 N–H and O–H groups in total. The maximum absolute atomic E-state index is 12.0. The number of nitrogens with one attached hydrogen (secondary N) is 2. The lowest BCUT2D eigenvalue weighted by Gasteiger charge is -2.24. The fourth-order valence-electron chi connectivity index (χ4n) is 2.24. The zero-order valence-electron chi connectivity index (χ0n) is 11.9. The van der Waals surface area contributed by atoms with Gasteiger partial charge in [-0.05, 0) is 51.4 Å². The Morgan fingerprint density at radius 3 is 2.89 bits per heavy atom. The highest BCUT2D eigenvalue weighted by atomic mass is 16.2. The first-order chi connectivity index (χ1) is 9.08. The summed E-state index contributed by atoms with van der Waals surface area (Å²) in [5.41, 5.74) is 1.98. The standard InChI is InChI=1S/C15H23N3O/c1-11(2)18(3)13-7-4-6-12(10-13)17-15(19)14-8-5-9-16-14/h4,6-7,10-11,14,16H,5,8-9H2,1-3H3,(H,17,19). The van der Waals surface area contributed by atoms with Gasteiger partial charge in [0.2, 0.25) is 5.91 Å². The van der Waals surface area contributed by atoms with Crippen molar-refractivity contribution in [1.29, 1.82) is 0 Å². The van der Waals surface area contributed by atoms with Crippen LogP contribution in [0.5, 0.6) is 0 Å². The summed E-state index contributed by atoms with van der Waals surface area (Å²) in [6.45, 7) is 5.23. The van der Waals surface area contributed by atoms with Crippen molar-refractivity contribution in [2.45, 2.75) is 38.8 Å². The van der Waals surface area contributed by atoms with Crippen LogP contribution < -0.4 is 15.5 Å². The molecule has 0 aromatic heterocycles. The van der Waals surface area contributed by atoms with E-state index >= 15 is 0 Å². The highest BCUT2D eigenvalue weighted by Gasteiger charge is 2.21. The van der Waals surface area contributed by atoms with Crippen molar-refractivity contribution in [1.82, 2.24) is 5.32 Å². The van der Waals surface area contributed by atoms with Crippen LogP contribution in [0, 0.1) is 0 Å². The van der Waals surface area contributed by atoms with E-state index in [-0.39, 0.29) is 11.9 Å². The molecule has 4 heteroatoms. The summed E-state index contributed by atoms with van der Waals surface area (Å²) < 4.78 is 0. The molecule has 0 aliphatic carbocycles. The minimum absolute atomic E-state index is 0.0357. The van der Waals surface area contributed by atoms with Gasteiger partial charge in [-0.2, -0.15) is 0 Å². The van der Waals surface area contributed by atoms with Crippen LogP contribution in [0.15, 0.2) is 24.3 Å². The van der Waals surface area contributed by atoms with Crippen molar-refractivity contribution in [2.75, 3.05) is 23.8 Å². The zero-order chi connectivity index (χ0) is 13.8. The van der Waals surface area contributed by atoms with E-state index in [9.17, 15) is 4.79 Å². The first kappa shape index (κ1) is 13.9. The monoisotopic (exact) mass is 261 g/mol. The van der Waals surface area contributed by atoms with Gasteiger partial charge in [0.1, 0.15) is 0 Å². The fraction of sp³-hybridized carbons (Fsp3) is 0.533. The SMILES string of the molecule is CC(C)N(C)c1cccc(NC(=O)C2CCCN2)c1. The molecule has 19 heavy (non-hydrogen) atoms. The summed E-state index contributed by atoms with van der Waals surface area (Å²) in [5.74, 6) is 0.0712. The van der Waals surface area contributed by atoms with Gasteiger partial charge < -0.3 is 15.5 Å². The van der Waals surface area contributed by atoms with Crippen LogP contribution in [-0.4, -0.2) is 31.6 Å². The molecule has 1 amide bonds. The third-order valence-electron chi connectivity index (χ3n) is 3.67. The number of rotatable bonds is 4. The molecule has 104 valence electrons. The van der Waals surface area contributed by atoms with E-state index in [1.807, 2.05) is 18.2 Å². The van der Waals surface area contributed by atoms with Crippen LogP contribution in [0.3, 0.4) is 0 Å². The molecular weight excluding hydrogens is 238 g/mol. The average Bonchev–Trinajstić information content (AvgIpc) is 2.92. The largest absolute Gasteiger partial charge is 0.372 e. The number of nitrogens with zero attached hydrogens (tertiary/aromatic N) is 1. The Morgan fingerprint density at radius 1 is 1.47 bits per heavy atom. The summed E-state index contributed by atoms with van der Waals surface area (Å²) >= 11 is 0. The Balaban J connectivity index is 2.04. The molecule has 0 spiro atoms. The van der Waals surface area contributed by atoms with E-state index in [0.29, 0.717) is 6.04 Å². The molecule has 2 rings (SSSR count). The summed E-state index contributed by atoms with van der Waals surface area (Å²) in [4.78, 5) is 14.2. The Labute approximate surface area is 115 Å². The molecule has 1 atom stereocenters. The summed E-state index contributed by atoms with van der Waals surface area (Å²) in [6.07, 6.45) is 2.01. The van der Waals surface area contributed by atoms with E-state index < -0.39 is 0 Å². The maximum Gasteiger partial charge on any atom is 0.241 e. The Morgan fingerprint density at radius 2 is 2.26 bits per heavy atom. The highest BCUT2D eigenvalue weighted by Crippen LogP contribution is 2.20. The van der Waals surface area contributed by atoms with Gasteiger partial charge >= 0.3 is 0 Å². The topological polar surface area (TPSA) is 44.4 Å². The van der Waals surface area contributed by atoms with E-state index in [4.69, 9.17) is 0 Å². The minimum atomic E-state index is -0.0357. The van der Waals surface area contributed by atoms with E-state index in [0.717, 1.165) is 30.8 Å². The molecule has 1 heterocycles. The summed E-state index contributed by atoms with van der Waals surface area (Å²) in [6, 6.07) is 8.39. The third-order valence-corrected chi connectivity index (χ3v) is 3.67. The smallest absolute Gasteiger partial charge is 0.241 e. The summed E-state index contributed by atoms with van der Waals surface area (Å²) in [5, 5.41) is 6.20. The van der Waals surface area contributed by atoms with Gasteiger partial charge in [0, 0.05) is 24.5 Å². The van der Waals surface area contributed by atoms with Crippen molar-refractivity contribution >= 4 is 17.3 Å². The van der Waals surface area contributed by atoms with Crippen LogP contribution in [0.1, 0.15) is 26.7 Å². The minimum Gasteiger partial charge on any atom is -0.372 e. The van der Waals surface area contributed by atoms with Crippen LogP contribution in [0.2, 0.25) is 0 Å². The van der Waals surface area contributed by atoms with Crippen molar-refractivity contribution in [3.05, 3.63) is 24.3 Å².